The summed E-state index contributed by atoms with van der Waals surface area (Å²) in [4.78, 5) is 14.2. The van der Waals surface area contributed by atoms with Gasteiger partial charge in [-0.25, -0.2) is 0 Å². The lowest BCUT2D eigenvalue weighted by atomic mass is 10.1. The summed E-state index contributed by atoms with van der Waals surface area (Å²) in [6.45, 7) is 4.63. The second kappa shape index (κ2) is 5.19. The van der Waals surface area contributed by atoms with Gasteiger partial charge in [0.05, 0.1) is 18.8 Å². The van der Waals surface area contributed by atoms with Crippen molar-refractivity contribution in [3.63, 3.8) is 0 Å². The van der Waals surface area contributed by atoms with E-state index in [0.29, 0.717) is 26.3 Å². The molecule has 2 rings (SSSR count). The molecule has 1 saturated heterocycles. The number of nitrogens with zero attached hydrogens (tertiary/aromatic N) is 1. The van der Waals surface area contributed by atoms with Crippen LogP contribution in [0, 0.1) is 6.92 Å². The molecular weight excluding hydrogens is 216 g/mol. The third-order valence-corrected chi connectivity index (χ3v) is 2.97. The second-order valence-electron chi connectivity index (χ2n) is 4.20. The molecule has 17 heavy (non-hydrogen) atoms. The molecular formula is C13H18N2O2. The second-order valence-corrected chi connectivity index (χ2v) is 4.20. The third-order valence-electron chi connectivity index (χ3n) is 2.97. The molecule has 4 nitrogen and oxygen atoms in total. The predicted molar refractivity (Wildman–Crippen MR) is 67.4 cm³/mol. The lowest BCUT2D eigenvalue weighted by Gasteiger charge is -2.27. The van der Waals surface area contributed by atoms with Crippen molar-refractivity contribution in [1.29, 1.82) is 0 Å². The Hall–Kier alpha value is -1.55. The normalized spacial score (nSPS) is 15.8. The number of hydrogen-bond donors (Lipinski definition) is 1. The average Bonchev–Trinajstić information content (AvgIpc) is 2.39. The van der Waals surface area contributed by atoms with E-state index < -0.39 is 0 Å². The fourth-order valence-corrected chi connectivity index (χ4v) is 1.99. The number of benzene rings is 1. The zero-order chi connectivity index (χ0) is 12.3. The van der Waals surface area contributed by atoms with Gasteiger partial charge in [0.25, 0.3) is 5.91 Å². The van der Waals surface area contributed by atoms with Gasteiger partial charge in [-0.2, -0.15) is 0 Å². The number of carbonyl (C=O) groups excluding carboxylic acids is 1. The first kappa shape index (κ1) is 11.9. The maximum Gasteiger partial charge on any atom is 0.256 e. The molecule has 1 N–H and O–H groups in total. The predicted octanol–water partition coefficient (Wildman–Crippen LogP) is 1.51. The average molecular weight is 234 g/mol. The number of aryl methyl sites for hydroxylation is 1. The number of morpholine rings is 1. The van der Waals surface area contributed by atoms with E-state index in [1.54, 1.807) is 0 Å². The summed E-state index contributed by atoms with van der Waals surface area (Å²) in [5, 5.41) is 3.08. The van der Waals surface area contributed by atoms with Gasteiger partial charge in [0.1, 0.15) is 0 Å². The number of rotatable bonds is 2. The number of amides is 1. The Morgan fingerprint density at radius 2 is 2.06 bits per heavy atom. The minimum atomic E-state index is 0.0812. The molecule has 1 amide bonds. The first-order valence-corrected chi connectivity index (χ1v) is 5.88. The van der Waals surface area contributed by atoms with Gasteiger partial charge in [0.15, 0.2) is 0 Å². The minimum Gasteiger partial charge on any atom is -0.387 e. The largest absolute Gasteiger partial charge is 0.387 e. The van der Waals surface area contributed by atoms with Crippen LogP contribution in [0.4, 0.5) is 5.69 Å². The van der Waals surface area contributed by atoms with Gasteiger partial charge in [-0.05, 0) is 24.6 Å². The lowest BCUT2D eigenvalue weighted by Crippen LogP contribution is -2.40. The quantitative estimate of drug-likeness (QED) is 0.843. The number of nitrogens with one attached hydrogen (secondary N) is 1. The standard InChI is InChI=1S/C13H18N2O2/c1-10-3-4-11(12(9-10)14-2)13(16)15-5-7-17-8-6-15/h3-4,9,14H,5-8H2,1-2H3. The molecule has 1 heterocycles. The van der Waals surface area contributed by atoms with Crippen LogP contribution in [-0.2, 0) is 4.74 Å². The van der Waals surface area contributed by atoms with Crippen LogP contribution in [0.25, 0.3) is 0 Å². The van der Waals surface area contributed by atoms with Gasteiger partial charge in [0, 0.05) is 25.8 Å². The summed E-state index contributed by atoms with van der Waals surface area (Å²) in [5.41, 5.74) is 2.77. The molecule has 0 saturated carbocycles. The maximum absolute atomic E-state index is 12.3. The summed E-state index contributed by atoms with van der Waals surface area (Å²) >= 11 is 0. The number of hydrogen-bond acceptors (Lipinski definition) is 3. The van der Waals surface area contributed by atoms with E-state index >= 15 is 0 Å². The van der Waals surface area contributed by atoms with Crippen LogP contribution in [0.2, 0.25) is 0 Å². The van der Waals surface area contributed by atoms with E-state index in [1.807, 2.05) is 37.1 Å². The van der Waals surface area contributed by atoms with E-state index in [2.05, 4.69) is 5.32 Å². The fraction of sp³-hybridized carbons (Fsp3) is 0.462. The van der Waals surface area contributed by atoms with Gasteiger partial charge in [0.2, 0.25) is 0 Å². The SMILES string of the molecule is CNc1cc(C)ccc1C(=O)N1CCOCC1. The van der Waals surface area contributed by atoms with E-state index in [9.17, 15) is 4.79 Å². The van der Waals surface area contributed by atoms with Crippen molar-refractivity contribution in [1.82, 2.24) is 4.90 Å². The van der Waals surface area contributed by atoms with Crippen molar-refractivity contribution in [2.75, 3.05) is 38.7 Å². The molecule has 0 bridgehead atoms. The molecule has 4 heteroatoms. The van der Waals surface area contributed by atoms with Crippen molar-refractivity contribution in [3.8, 4) is 0 Å². The smallest absolute Gasteiger partial charge is 0.256 e. The van der Waals surface area contributed by atoms with Gasteiger partial charge in [-0.3, -0.25) is 4.79 Å². The van der Waals surface area contributed by atoms with E-state index in [-0.39, 0.29) is 5.91 Å². The van der Waals surface area contributed by atoms with Crippen molar-refractivity contribution >= 4 is 11.6 Å². The lowest BCUT2D eigenvalue weighted by molar-refractivity contribution is 0.0303. The Labute approximate surface area is 102 Å². The molecule has 0 spiro atoms. The van der Waals surface area contributed by atoms with Crippen LogP contribution in [0.5, 0.6) is 0 Å². The Kier molecular flexibility index (Phi) is 3.64. The monoisotopic (exact) mass is 234 g/mol. The molecule has 1 aromatic carbocycles. The van der Waals surface area contributed by atoms with Crippen LogP contribution in [-0.4, -0.2) is 44.2 Å². The maximum atomic E-state index is 12.3. The minimum absolute atomic E-state index is 0.0812. The molecule has 1 aliphatic rings. The molecule has 0 atom stereocenters. The summed E-state index contributed by atoms with van der Waals surface area (Å²) < 4.78 is 5.25. The van der Waals surface area contributed by atoms with Crippen molar-refractivity contribution < 1.29 is 9.53 Å². The molecule has 0 unspecified atom stereocenters. The fourth-order valence-electron chi connectivity index (χ4n) is 1.99. The van der Waals surface area contributed by atoms with Gasteiger partial charge in [-0.1, -0.05) is 6.07 Å². The van der Waals surface area contributed by atoms with E-state index in [1.165, 1.54) is 0 Å². The molecule has 0 radical (unpaired) electrons. The Morgan fingerprint density at radius 3 is 2.71 bits per heavy atom. The zero-order valence-electron chi connectivity index (χ0n) is 10.3. The summed E-state index contributed by atoms with van der Waals surface area (Å²) in [6.07, 6.45) is 0. The van der Waals surface area contributed by atoms with Crippen molar-refractivity contribution in [2.24, 2.45) is 0 Å². The summed E-state index contributed by atoms with van der Waals surface area (Å²) in [5.74, 6) is 0.0812. The summed E-state index contributed by atoms with van der Waals surface area (Å²) in [6, 6.07) is 5.85. The highest BCUT2D eigenvalue weighted by atomic mass is 16.5. The van der Waals surface area contributed by atoms with Crippen LogP contribution >= 0.6 is 0 Å². The number of ether oxygens (including phenoxy) is 1. The Morgan fingerprint density at radius 1 is 1.35 bits per heavy atom. The third kappa shape index (κ3) is 2.58. The van der Waals surface area contributed by atoms with Gasteiger partial charge in [-0.15, -0.1) is 0 Å². The first-order chi connectivity index (χ1) is 8.22. The van der Waals surface area contributed by atoms with Crippen LogP contribution in [0.3, 0.4) is 0 Å². The zero-order valence-corrected chi connectivity index (χ0v) is 10.3. The highest BCUT2D eigenvalue weighted by molar-refractivity contribution is 5.99. The van der Waals surface area contributed by atoms with Gasteiger partial charge < -0.3 is 15.0 Å². The van der Waals surface area contributed by atoms with Crippen molar-refractivity contribution in [2.45, 2.75) is 6.92 Å². The molecule has 0 aliphatic carbocycles. The van der Waals surface area contributed by atoms with Crippen LogP contribution in [0.1, 0.15) is 15.9 Å². The summed E-state index contributed by atoms with van der Waals surface area (Å²) in [7, 11) is 1.84. The number of carbonyl (C=O) groups is 1. The van der Waals surface area contributed by atoms with E-state index in [0.717, 1.165) is 16.8 Å². The Balaban J connectivity index is 2.23. The van der Waals surface area contributed by atoms with Crippen LogP contribution < -0.4 is 5.32 Å². The molecule has 1 aliphatic heterocycles. The topological polar surface area (TPSA) is 41.6 Å². The molecule has 0 aromatic heterocycles. The Bertz CT molecular complexity index is 412. The number of anilines is 1. The highest BCUT2D eigenvalue weighted by Crippen LogP contribution is 2.19. The van der Waals surface area contributed by atoms with Crippen LogP contribution in [0.15, 0.2) is 18.2 Å². The van der Waals surface area contributed by atoms with E-state index in [4.69, 9.17) is 4.74 Å². The highest BCUT2D eigenvalue weighted by Gasteiger charge is 2.20. The first-order valence-electron chi connectivity index (χ1n) is 5.88. The van der Waals surface area contributed by atoms with Gasteiger partial charge >= 0.3 is 0 Å². The molecule has 1 aromatic rings. The molecule has 92 valence electrons. The van der Waals surface area contributed by atoms with Crippen molar-refractivity contribution in [3.05, 3.63) is 29.3 Å². The molecule has 1 fully saturated rings.